The summed E-state index contributed by atoms with van der Waals surface area (Å²) in [6.45, 7) is 2.06. The highest BCUT2D eigenvalue weighted by Gasteiger charge is 2.27. The minimum Gasteiger partial charge on any atom is -0.329 e. The van der Waals surface area contributed by atoms with E-state index in [0.29, 0.717) is 12.1 Å². The van der Waals surface area contributed by atoms with Crippen LogP contribution in [0.5, 0.6) is 0 Å². The minimum atomic E-state index is -0.203. The van der Waals surface area contributed by atoms with Crippen LogP contribution in [0.4, 0.5) is 4.39 Å². The second-order valence-electron chi connectivity index (χ2n) is 5.09. The van der Waals surface area contributed by atoms with E-state index in [1.807, 2.05) is 24.3 Å². The molecule has 4 heteroatoms. The Morgan fingerprint density at radius 2 is 1.80 bits per heavy atom. The highest BCUT2D eigenvalue weighted by Crippen LogP contribution is 2.32. The molecule has 2 aromatic rings. The Labute approximate surface area is 126 Å². The van der Waals surface area contributed by atoms with E-state index in [4.69, 9.17) is 5.73 Å². The Hall–Kier alpha value is -1.23. The number of fused-ring (bicyclic) bond motifs is 1. The molecule has 3 rings (SSSR count). The van der Waals surface area contributed by atoms with E-state index in [9.17, 15) is 4.39 Å². The first-order valence-corrected chi connectivity index (χ1v) is 7.44. The van der Waals surface area contributed by atoms with Crippen LogP contribution < -0.4 is 5.73 Å². The summed E-state index contributed by atoms with van der Waals surface area (Å²) in [6.07, 6.45) is 0. The zero-order chi connectivity index (χ0) is 14.1. The molecule has 1 heterocycles. The lowest BCUT2D eigenvalue weighted by molar-refractivity contribution is 0.201. The lowest BCUT2D eigenvalue weighted by Crippen LogP contribution is -2.30. The van der Waals surface area contributed by atoms with Crippen LogP contribution in [0, 0.1) is 5.82 Å². The monoisotopic (exact) mass is 334 g/mol. The molecule has 0 fully saturated rings. The first-order chi connectivity index (χ1) is 9.69. The Kier molecular flexibility index (Phi) is 3.87. The third kappa shape index (κ3) is 2.51. The second kappa shape index (κ2) is 5.64. The maximum atomic E-state index is 14.2. The highest BCUT2D eigenvalue weighted by atomic mass is 79.9. The molecule has 0 aliphatic carbocycles. The molecule has 0 amide bonds. The molecule has 0 saturated heterocycles. The predicted molar refractivity (Wildman–Crippen MR) is 81.6 cm³/mol. The average Bonchev–Trinajstić information content (AvgIpc) is 2.85. The average molecular weight is 335 g/mol. The molecular weight excluding hydrogens is 319 g/mol. The topological polar surface area (TPSA) is 29.3 Å². The van der Waals surface area contributed by atoms with Gasteiger partial charge in [0.1, 0.15) is 5.82 Å². The van der Waals surface area contributed by atoms with Gasteiger partial charge in [0.25, 0.3) is 0 Å². The highest BCUT2D eigenvalue weighted by molar-refractivity contribution is 9.10. The minimum absolute atomic E-state index is 0.0875. The summed E-state index contributed by atoms with van der Waals surface area (Å²) in [5.74, 6) is -0.203. The van der Waals surface area contributed by atoms with Crippen LogP contribution in [0.1, 0.15) is 22.7 Å². The zero-order valence-corrected chi connectivity index (χ0v) is 12.6. The first kappa shape index (κ1) is 13.7. The Morgan fingerprint density at radius 3 is 2.35 bits per heavy atom. The number of hydrogen-bond acceptors (Lipinski definition) is 2. The van der Waals surface area contributed by atoms with Gasteiger partial charge >= 0.3 is 0 Å². The van der Waals surface area contributed by atoms with Crippen molar-refractivity contribution in [2.45, 2.75) is 19.1 Å². The van der Waals surface area contributed by atoms with E-state index < -0.39 is 0 Å². The van der Waals surface area contributed by atoms with Gasteiger partial charge in [-0.2, -0.15) is 0 Å². The Bertz CT molecular complexity index is 605. The van der Waals surface area contributed by atoms with Gasteiger partial charge in [-0.25, -0.2) is 4.39 Å². The molecule has 0 bridgehead atoms. The van der Waals surface area contributed by atoms with Gasteiger partial charge in [-0.3, -0.25) is 4.90 Å². The van der Waals surface area contributed by atoms with Gasteiger partial charge in [-0.05, 0) is 23.3 Å². The number of rotatable bonds is 3. The number of benzene rings is 2. The van der Waals surface area contributed by atoms with Crippen molar-refractivity contribution < 1.29 is 4.39 Å². The van der Waals surface area contributed by atoms with Gasteiger partial charge in [-0.15, -0.1) is 0 Å². The van der Waals surface area contributed by atoms with E-state index in [-0.39, 0.29) is 11.9 Å². The Morgan fingerprint density at radius 1 is 1.15 bits per heavy atom. The molecule has 0 spiro atoms. The van der Waals surface area contributed by atoms with Gasteiger partial charge in [-0.1, -0.05) is 46.3 Å². The van der Waals surface area contributed by atoms with Crippen LogP contribution in [0.2, 0.25) is 0 Å². The van der Waals surface area contributed by atoms with E-state index >= 15 is 0 Å². The molecule has 2 aromatic carbocycles. The lowest BCUT2D eigenvalue weighted by atomic mass is 10.0. The van der Waals surface area contributed by atoms with Gasteiger partial charge < -0.3 is 5.73 Å². The fraction of sp³-hybridized carbons (Fsp3) is 0.250. The first-order valence-electron chi connectivity index (χ1n) is 6.65. The molecule has 1 atom stereocenters. The summed E-state index contributed by atoms with van der Waals surface area (Å²) in [4.78, 5) is 2.23. The Balaban J connectivity index is 1.89. The standard InChI is InChI=1S/C16H16BrFN2/c17-13-5-6-14(15(18)7-13)16(8-19)20-9-11-3-1-2-4-12(11)10-20/h1-7,16H,8-10,19H2. The quantitative estimate of drug-likeness (QED) is 0.929. The van der Waals surface area contributed by atoms with Gasteiger partial charge in [0.05, 0.1) is 6.04 Å². The number of halogens is 2. The maximum absolute atomic E-state index is 14.2. The summed E-state index contributed by atoms with van der Waals surface area (Å²) in [6, 6.07) is 13.4. The number of nitrogens with two attached hydrogens (primary N) is 1. The summed E-state index contributed by atoms with van der Waals surface area (Å²) in [5.41, 5.74) is 9.19. The summed E-state index contributed by atoms with van der Waals surface area (Å²) >= 11 is 3.29. The van der Waals surface area contributed by atoms with Crippen LogP contribution in [0.3, 0.4) is 0 Å². The van der Waals surface area contributed by atoms with E-state index in [2.05, 4.69) is 33.0 Å². The van der Waals surface area contributed by atoms with Crippen molar-refractivity contribution in [3.05, 3.63) is 69.4 Å². The predicted octanol–water partition coefficient (Wildman–Crippen LogP) is 3.60. The largest absolute Gasteiger partial charge is 0.329 e. The fourth-order valence-corrected chi connectivity index (χ4v) is 3.16. The third-order valence-corrected chi connectivity index (χ3v) is 4.34. The van der Waals surface area contributed by atoms with Crippen molar-refractivity contribution in [3.63, 3.8) is 0 Å². The molecule has 2 nitrogen and oxygen atoms in total. The molecule has 20 heavy (non-hydrogen) atoms. The van der Waals surface area contributed by atoms with Crippen molar-refractivity contribution in [1.82, 2.24) is 4.90 Å². The van der Waals surface area contributed by atoms with Crippen molar-refractivity contribution >= 4 is 15.9 Å². The van der Waals surface area contributed by atoms with Crippen molar-refractivity contribution in [3.8, 4) is 0 Å². The van der Waals surface area contributed by atoms with Crippen molar-refractivity contribution in [1.29, 1.82) is 0 Å². The molecule has 1 aliphatic heterocycles. The van der Waals surface area contributed by atoms with Crippen molar-refractivity contribution in [2.24, 2.45) is 5.73 Å². The normalized spacial score (nSPS) is 16.1. The van der Waals surface area contributed by atoms with E-state index in [1.165, 1.54) is 17.2 Å². The maximum Gasteiger partial charge on any atom is 0.129 e. The number of nitrogens with zero attached hydrogens (tertiary/aromatic N) is 1. The zero-order valence-electron chi connectivity index (χ0n) is 11.0. The van der Waals surface area contributed by atoms with E-state index in [0.717, 1.165) is 17.6 Å². The van der Waals surface area contributed by atoms with Gasteiger partial charge in [0.2, 0.25) is 0 Å². The summed E-state index contributed by atoms with van der Waals surface area (Å²) < 4.78 is 14.9. The fourth-order valence-electron chi connectivity index (χ4n) is 2.82. The second-order valence-corrected chi connectivity index (χ2v) is 6.01. The van der Waals surface area contributed by atoms with Crippen LogP contribution >= 0.6 is 15.9 Å². The van der Waals surface area contributed by atoms with Crippen LogP contribution in [-0.2, 0) is 13.1 Å². The molecule has 1 aliphatic rings. The molecule has 104 valence electrons. The summed E-state index contributed by atoms with van der Waals surface area (Å²) in [5, 5.41) is 0. The van der Waals surface area contributed by atoms with Crippen LogP contribution in [0.25, 0.3) is 0 Å². The number of hydrogen-bond donors (Lipinski definition) is 1. The van der Waals surface area contributed by atoms with Gasteiger partial charge in [0.15, 0.2) is 0 Å². The third-order valence-electron chi connectivity index (χ3n) is 3.85. The molecule has 0 saturated carbocycles. The SMILES string of the molecule is NCC(c1ccc(Br)cc1F)N1Cc2ccccc2C1. The van der Waals surface area contributed by atoms with Crippen LogP contribution in [-0.4, -0.2) is 11.4 Å². The van der Waals surface area contributed by atoms with Gasteiger partial charge in [0, 0.05) is 29.7 Å². The molecule has 2 N–H and O–H groups in total. The molecular formula is C16H16BrFN2. The van der Waals surface area contributed by atoms with Crippen molar-refractivity contribution in [2.75, 3.05) is 6.54 Å². The smallest absolute Gasteiger partial charge is 0.129 e. The summed E-state index contributed by atoms with van der Waals surface area (Å²) in [7, 11) is 0. The van der Waals surface area contributed by atoms with Crippen LogP contribution in [0.15, 0.2) is 46.9 Å². The lowest BCUT2D eigenvalue weighted by Gasteiger charge is -2.27. The molecule has 0 radical (unpaired) electrons. The molecule has 1 unspecified atom stereocenters. The molecule has 0 aromatic heterocycles. The van der Waals surface area contributed by atoms with E-state index in [1.54, 1.807) is 0 Å².